The summed E-state index contributed by atoms with van der Waals surface area (Å²) in [5.74, 6) is 0. The quantitative estimate of drug-likeness (QED) is 0.604. The van der Waals surface area contributed by atoms with E-state index in [-0.39, 0.29) is 0 Å². The zero-order valence-corrected chi connectivity index (χ0v) is 6.13. The minimum atomic E-state index is 0.604. The topological polar surface area (TPSA) is 9.23 Å². The van der Waals surface area contributed by atoms with Crippen LogP contribution in [0.3, 0.4) is 0 Å². The summed E-state index contributed by atoms with van der Waals surface area (Å²) in [6.07, 6.45) is 0. The molecule has 1 nitrogen and oxygen atoms in total. The molecule has 0 heterocycles. The molecule has 0 N–H and O–H groups in total. The molecule has 0 saturated carbocycles. The molecule has 53 valence electrons. The van der Waals surface area contributed by atoms with Crippen LogP contribution >= 0.6 is 0 Å². The summed E-state index contributed by atoms with van der Waals surface area (Å²) in [5.41, 5.74) is 2.46. The Balaban J connectivity index is 2.81. The molecule has 0 bridgehead atoms. The second-order valence-electron chi connectivity index (χ2n) is 2.27. The molecule has 0 aliphatic heterocycles. The molecule has 0 spiro atoms. The third-order valence-electron chi connectivity index (χ3n) is 1.52. The van der Waals surface area contributed by atoms with Gasteiger partial charge in [-0.1, -0.05) is 24.3 Å². The SMILES string of the molecule is [CH2]OCc1ccccc1C. The Morgan fingerprint density at radius 3 is 2.70 bits per heavy atom. The molecule has 1 rings (SSSR count). The molecule has 0 amide bonds. The van der Waals surface area contributed by atoms with Crippen molar-refractivity contribution in [3.63, 3.8) is 0 Å². The van der Waals surface area contributed by atoms with Crippen LogP contribution < -0.4 is 0 Å². The van der Waals surface area contributed by atoms with Gasteiger partial charge in [0.15, 0.2) is 0 Å². The van der Waals surface area contributed by atoms with Crippen molar-refractivity contribution < 1.29 is 4.74 Å². The highest BCUT2D eigenvalue weighted by atomic mass is 16.5. The Labute approximate surface area is 61.6 Å². The third-order valence-corrected chi connectivity index (χ3v) is 1.52. The summed E-state index contributed by atoms with van der Waals surface area (Å²) in [7, 11) is 3.32. The van der Waals surface area contributed by atoms with Crippen molar-refractivity contribution in [2.45, 2.75) is 13.5 Å². The number of aryl methyl sites for hydroxylation is 1. The fraction of sp³-hybridized carbons (Fsp3) is 0.222. The van der Waals surface area contributed by atoms with Crippen LogP contribution in [0, 0.1) is 14.0 Å². The zero-order chi connectivity index (χ0) is 7.40. The van der Waals surface area contributed by atoms with E-state index >= 15 is 0 Å². The van der Waals surface area contributed by atoms with Gasteiger partial charge in [-0.05, 0) is 18.1 Å². The highest BCUT2D eigenvalue weighted by molar-refractivity contribution is 5.24. The van der Waals surface area contributed by atoms with E-state index in [0.29, 0.717) is 6.61 Å². The van der Waals surface area contributed by atoms with E-state index in [2.05, 4.69) is 20.1 Å². The first-order valence-corrected chi connectivity index (χ1v) is 3.26. The van der Waals surface area contributed by atoms with Crippen LogP contribution in [0.15, 0.2) is 24.3 Å². The lowest BCUT2D eigenvalue weighted by Gasteiger charge is -2.01. The second-order valence-corrected chi connectivity index (χ2v) is 2.27. The van der Waals surface area contributed by atoms with Gasteiger partial charge in [-0.3, -0.25) is 0 Å². The van der Waals surface area contributed by atoms with E-state index in [1.807, 2.05) is 18.2 Å². The first kappa shape index (κ1) is 7.29. The van der Waals surface area contributed by atoms with Gasteiger partial charge in [0, 0.05) is 0 Å². The van der Waals surface area contributed by atoms with Gasteiger partial charge in [-0.2, -0.15) is 0 Å². The van der Waals surface area contributed by atoms with E-state index < -0.39 is 0 Å². The van der Waals surface area contributed by atoms with Crippen molar-refractivity contribution in [1.82, 2.24) is 0 Å². The van der Waals surface area contributed by atoms with Crippen molar-refractivity contribution in [1.29, 1.82) is 0 Å². The predicted octanol–water partition coefficient (Wildman–Crippen LogP) is 2.30. The molecule has 0 saturated heterocycles. The smallest absolute Gasteiger partial charge is 0.0720 e. The Morgan fingerprint density at radius 1 is 1.40 bits per heavy atom. The van der Waals surface area contributed by atoms with Gasteiger partial charge in [0.05, 0.1) is 13.7 Å². The van der Waals surface area contributed by atoms with Crippen LogP contribution in [0.1, 0.15) is 11.1 Å². The normalized spacial score (nSPS) is 9.80. The van der Waals surface area contributed by atoms with E-state index in [0.717, 1.165) is 0 Å². The minimum Gasteiger partial charge on any atom is -0.374 e. The van der Waals surface area contributed by atoms with Gasteiger partial charge in [-0.15, -0.1) is 0 Å². The van der Waals surface area contributed by atoms with Crippen molar-refractivity contribution in [2.75, 3.05) is 0 Å². The van der Waals surface area contributed by atoms with Crippen LogP contribution in [-0.4, -0.2) is 0 Å². The number of benzene rings is 1. The molecule has 10 heavy (non-hydrogen) atoms. The zero-order valence-electron chi connectivity index (χ0n) is 6.13. The fourth-order valence-corrected chi connectivity index (χ4v) is 0.882. The molecule has 1 aromatic carbocycles. The number of hydrogen-bond donors (Lipinski definition) is 0. The Hall–Kier alpha value is -0.820. The molecule has 0 unspecified atom stereocenters. The second kappa shape index (κ2) is 3.37. The number of hydrogen-bond acceptors (Lipinski definition) is 1. The molecule has 1 radical (unpaired) electrons. The molecule has 0 aromatic heterocycles. The molecule has 0 aliphatic carbocycles. The van der Waals surface area contributed by atoms with Crippen LogP contribution in [0.25, 0.3) is 0 Å². The molecule has 0 aliphatic rings. The van der Waals surface area contributed by atoms with E-state index in [1.54, 1.807) is 0 Å². The Bertz CT molecular complexity index is 206. The van der Waals surface area contributed by atoms with Crippen LogP contribution in [0.5, 0.6) is 0 Å². The molecular weight excluding hydrogens is 124 g/mol. The van der Waals surface area contributed by atoms with Gasteiger partial charge in [0.2, 0.25) is 0 Å². The van der Waals surface area contributed by atoms with Gasteiger partial charge in [-0.25, -0.2) is 0 Å². The van der Waals surface area contributed by atoms with Crippen molar-refractivity contribution in [3.8, 4) is 0 Å². The van der Waals surface area contributed by atoms with Gasteiger partial charge < -0.3 is 4.74 Å². The number of ether oxygens (including phenoxy) is 1. The average Bonchev–Trinajstić information content (AvgIpc) is 1.94. The summed E-state index contributed by atoms with van der Waals surface area (Å²) in [5, 5.41) is 0. The molecule has 1 aromatic rings. The lowest BCUT2D eigenvalue weighted by Crippen LogP contribution is -1.88. The monoisotopic (exact) mass is 135 g/mol. The average molecular weight is 135 g/mol. The summed E-state index contributed by atoms with van der Waals surface area (Å²) >= 11 is 0. The summed E-state index contributed by atoms with van der Waals surface area (Å²) < 4.78 is 4.76. The Morgan fingerprint density at radius 2 is 2.10 bits per heavy atom. The van der Waals surface area contributed by atoms with Crippen molar-refractivity contribution >= 4 is 0 Å². The Kier molecular flexibility index (Phi) is 2.46. The summed E-state index contributed by atoms with van der Waals surface area (Å²) in [4.78, 5) is 0. The van der Waals surface area contributed by atoms with Crippen LogP contribution in [0.2, 0.25) is 0 Å². The van der Waals surface area contributed by atoms with Gasteiger partial charge >= 0.3 is 0 Å². The standard InChI is InChI=1S/C9H11O/c1-8-5-3-4-6-9(8)7-10-2/h3-6H,2,7H2,1H3. The highest BCUT2D eigenvalue weighted by Gasteiger charge is 1.92. The lowest BCUT2D eigenvalue weighted by atomic mass is 10.1. The molecular formula is C9H11O. The fourth-order valence-electron chi connectivity index (χ4n) is 0.882. The molecule has 1 heteroatoms. The maximum atomic E-state index is 4.76. The van der Waals surface area contributed by atoms with Gasteiger partial charge in [0.25, 0.3) is 0 Å². The molecule has 0 atom stereocenters. The number of rotatable bonds is 2. The first-order valence-electron chi connectivity index (χ1n) is 3.26. The predicted molar refractivity (Wildman–Crippen MR) is 41.3 cm³/mol. The largest absolute Gasteiger partial charge is 0.374 e. The first-order chi connectivity index (χ1) is 4.84. The van der Waals surface area contributed by atoms with Gasteiger partial charge in [0.1, 0.15) is 0 Å². The molecule has 0 fully saturated rings. The minimum absolute atomic E-state index is 0.604. The van der Waals surface area contributed by atoms with Crippen molar-refractivity contribution in [2.24, 2.45) is 0 Å². The van der Waals surface area contributed by atoms with Crippen LogP contribution in [0.4, 0.5) is 0 Å². The van der Waals surface area contributed by atoms with E-state index in [4.69, 9.17) is 4.74 Å². The van der Waals surface area contributed by atoms with E-state index in [1.165, 1.54) is 11.1 Å². The maximum Gasteiger partial charge on any atom is 0.0720 e. The van der Waals surface area contributed by atoms with Crippen molar-refractivity contribution in [3.05, 3.63) is 42.5 Å². The lowest BCUT2D eigenvalue weighted by molar-refractivity contribution is 0.228. The van der Waals surface area contributed by atoms with Crippen LogP contribution in [-0.2, 0) is 11.3 Å². The summed E-state index contributed by atoms with van der Waals surface area (Å²) in [6, 6.07) is 8.12. The van der Waals surface area contributed by atoms with E-state index in [9.17, 15) is 0 Å². The maximum absolute atomic E-state index is 4.76. The third kappa shape index (κ3) is 1.58. The highest BCUT2D eigenvalue weighted by Crippen LogP contribution is 2.07. The summed E-state index contributed by atoms with van der Waals surface area (Å²) in [6.45, 7) is 2.67.